The zero-order valence-corrected chi connectivity index (χ0v) is 8.55. The summed E-state index contributed by atoms with van der Waals surface area (Å²) in [4.78, 5) is 4.30. The maximum Gasteiger partial charge on any atom is 0.133 e. The summed E-state index contributed by atoms with van der Waals surface area (Å²) in [5.74, 6) is -0.534. The molecule has 0 spiro atoms. The molecule has 3 heteroatoms. The van der Waals surface area contributed by atoms with Crippen molar-refractivity contribution in [1.29, 1.82) is 5.26 Å². The van der Waals surface area contributed by atoms with Gasteiger partial charge >= 0.3 is 0 Å². The first-order valence-electron chi connectivity index (χ1n) is 4.61. The summed E-state index contributed by atoms with van der Waals surface area (Å²) in [6.07, 6.45) is -0.683. The number of rotatable bonds is 4. The van der Waals surface area contributed by atoms with Crippen LogP contribution in [0, 0.1) is 11.3 Å². The van der Waals surface area contributed by atoms with Crippen molar-refractivity contribution < 1.29 is 10.1 Å². The van der Waals surface area contributed by atoms with Gasteiger partial charge in [0.15, 0.2) is 0 Å². The summed E-state index contributed by atoms with van der Waals surface area (Å²) < 4.78 is 0. The van der Waals surface area contributed by atoms with Crippen LogP contribution in [0.2, 0.25) is 0 Å². The van der Waals surface area contributed by atoms with Crippen LogP contribution in [0.4, 0.5) is 0 Å². The fourth-order valence-electron chi connectivity index (χ4n) is 1.41. The summed E-state index contributed by atoms with van der Waals surface area (Å²) in [5, 5.41) is 17.8. The van der Waals surface area contributed by atoms with Crippen molar-refractivity contribution in [3.63, 3.8) is 0 Å². The first-order chi connectivity index (χ1) is 7.20. The molecular formula is C12H13NO2. The lowest BCUT2D eigenvalue weighted by atomic mass is 9.91. The van der Waals surface area contributed by atoms with Gasteiger partial charge in [0, 0.05) is 0 Å². The lowest BCUT2D eigenvalue weighted by Gasteiger charge is -2.18. The highest BCUT2D eigenvalue weighted by molar-refractivity contribution is 5.29. The first-order valence-corrected chi connectivity index (χ1v) is 4.61. The fourth-order valence-corrected chi connectivity index (χ4v) is 1.41. The molecule has 2 unspecified atom stereocenters. The normalized spacial score (nSPS) is 13.9. The Hall–Kier alpha value is -1.63. The Morgan fingerprint density at radius 3 is 2.47 bits per heavy atom. The molecule has 0 saturated heterocycles. The van der Waals surface area contributed by atoms with E-state index in [1.54, 1.807) is 6.92 Å². The molecular weight excluding hydrogens is 190 g/mol. The molecule has 15 heavy (non-hydrogen) atoms. The third-order valence-electron chi connectivity index (χ3n) is 2.20. The van der Waals surface area contributed by atoms with Crippen LogP contribution in [0.3, 0.4) is 0 Å². The molecule has 2 atom stereocenters. The maximum absolute atomic E-state index is 9.05. The van der Waals surface area contributed by atoms with E-state index in [0.29, 0.717) is 5.57 Å². The second kappa shape index (κ2) is 5.30. The Labute approximate surface area is 89.2 Å². The lowest BCUT2D eigenvalue weighted by Crippen LogP contribution is -2.21. The molecule has 78 valence electrons. The number of hydrogen-bond donors (Lipinski definition) is 1. The van der Waals surface area contributed by atoms with E-state index in [0.717, 1.165) is 5.56 Å². The molecule has 0 bridgehead atoms. The molecule has 0 radical (unpaired) electrons. The summed E-state index contributed by atoms with van der Waals surface area (Å²) in [5.41, 5.74) is 1.43. The van der Waals surface area contributed by atoms with Gasteiger partial charge in [-0.15, -0.1) is 0 Å². The van der Waals surface area contributed by atoms with E-state index < -0.39 is 12.0 Å². The number of nitrogens with zero attached hydrogens (tertiary/aromatic N) is 1. The van der Waals surface area contributed by atoms with Crippen molar-refractivity contribution in [3.8, 4) is 6.07 Å². The number of benzene rings is 1. The van der Waals surface area contributed by atoms with Gasteiger partial charge in [-0.3, -0.25) is 5.26 Å². The van der Waals surface area contributed by atoms with Crippen molar-refractivity contribution in [3.05, 3.63) is 48.0 Å². The molecule has 3 nitrogen and oxygen atoms in total. The molecule has 0 aliphatic carbocycles. The average molecular weight is 203 g/mol. The van der Waals surface area contributed by atoms with E-state index in [9.17, 15) is 0 Å². The number of hydrogen-bond acceptors (Lipinski definition) is 3. The van der Waals surface area contributed by atoms with Crippen molar-refractivity contribution in [1.82, 2.24) is 0 Å². The molecule has 0 aliphatic rings. The Morgan fingerprint density at radius 2 is 2.07 bits per heavy atom. The van der Waals surface area contributed by atoms with Gasteiger partial charge in [-0.25, -0.2) is 4.89 Å². The molecule has 1 aromatic rings. The van der Waals surface area contributed by atoms with Crippen LogP contribution < -0.4 is 0 Å². The van der Waals surface area contributed by atoms with Crippen LogP contribution in [0.15, 0.2) is 42.5 Å². The maximum atomic E-state index is 9.05. The Bertz CT molecular complexity index is 367. The van der Waals surface area contributed by atoms with Gasteiger partial charge in [0.25, 0.3) is 0 Å². The van der Waals surface area contributed by atoms with Crippen LogP contribution >= 0.6 is 0 Å². The summed E-state index contributed by atoms with van der Waals surface area (Å²) in [6, 6.07) is 11.3. The molecule has 0 aliphatic heterocycles. The van der Waals surface area contributed by atoms with Crippen molar-refractivity contribution in [2.24, 2.45) is 0 Å². The van der Waals surface area contributed by atoms with Gasteiger partial charge in [0.05, 0.1) is 6.07 Å². The van der Waals surface area contributed by atoms with Crippen LogP contribution in [-0.2, 0) is 4.89 Å². The van der Waals surface area contributed by atoms with E-state index in [2.05, 4.69) is 17.5 Å². The van der Waals surface area contributed by atoms with Crippen molar-refractivity contribution in [2.75, 3.05) is 0 Å². The third-order valence-corrected chi connectivity index (χ3v) is 2.20. The Balaban J connectivity index is 2.99. The first kappa shape index (κ1) is 11.4. The summed E-state index contributed by atoms with van der Waals surface area (Å²) >= 11 is 0. The molecule has 1 aromatic carbocycles. The van der Waals surface area contributed by atoms with Crippen LogP contribution in [0.5, 0.6) is 0 Å². The van der Waals surface area contributed by atoms with E-state index in [-0.39, 0.29) is 0 Å². The molecule has 1 rings (SSSR count). The van der Waals surface area contributed by atoms with Gasteiger partial charge in [-0.1, -0.05) is 36.9 Å². The highest BCUT2D eigenvalue weighted by Crippen LogP contribution is 2.24. The minimum atomic E-state index is -0.683. The second-order valence-electron chi connectivity index (χ2n) is 3.39. The average Bonchev–Trinajstić information content (AvgIpc) is 2.26. The predicted octanol–water partition coefficient (Wildman–Crippen LogP) is 2.73. The van der Waals surface area contributed by atoms with Crippen molar-refractivity contribution >= 4 is 0 Å². The van der Waals surface area contributed by atoms with Gasteiger partial charge < -0.3 is 0 Å². The smallest absolute Gasteiger partial charge is 0.133 e. The van der Waals surface area contributed by atoms with E-state index >= 15 is 0 Å². The monoisotopic (exact) mass is 203 g/mol. The van der Waals surface area contributed by atoms with Crippen LogP contribution in [-0.4, -0.2) is 11.4 Å². The van der Waals surface area contributed by atoms with Gasteiger partial charge in [0.1, 0.15) is 12.0 Å². The molecule has 0 heterocycles. The summed E-state index contributed by atoms with van der Waals surface area (Å²) in [6.45, 7) is 5.40. The molecule has 0 saturated carbocycles. The molecule has 0 fully saturated rings. The third kappa shape index (κ3) is 2.66. The lowest BCUT2D eigenvalue weighted by molar-refractivity contribution is -0.270. The van der Waals surface area contributed by atoms with E-state index in [1.165, 1.54) is 0 Å². The van der Waals surface area contributed by atoms with Gasteiger partial charge in [0.2, 0.25) is 0 Å². The van der Waals surface area contributed by atoms with Gasteiger partial charge in [-0.2, -0.15) is 5.26 Å². The molecule has 0 aromatic heterocycles. The minimum Gasteiger partial charge on any atom is -0.251 e. The topological polar surface area (TPSA) is 53.2 Å². The molecule has 0 amide bonds. The quantitative estimate of drug-likeness (QED) is 0.465. The van der Waals surface area contributed by atoms with Crippen LogP contribution in [0.25, 0.3) is 0 Å². The standard InChI is InChI=1S/C12H13NO2/c1-9(2)12(15-14)11(8-13)10-6-4-3-5-7-10/h3-7,11-12,14H,1H2,2H3. The van der Waals surface area contributed by atoms with E-state index in [1.807, 2.05) is 30.3 Å². The fraction of sp³-hybridized carbons (Fsp3) is 0.250. The highest BCUT2D eigenvalue weighted by Gasteiger charge is 2.24. The van der Waals surface area contributed by atoms with Crippen molar-refractivity contribution in [2.45, 2.75) is 18.9 Å². The summed E-state index contributed by atoms with van der Waals surface area (Å²) in [7, 11) is 0. The minimum absolute atomic E-state index is 0.534. The zero-order valence-electron chi connectivity index (χ0n) is 8.55. The van der Waals surface area contributed by atoms with E-state index in [4.69, 9.17) is 10.5 Å². The zero-order chi connectivity index (χ0) is 11.3. The Morgan fingerprint density at radius 1 is 1.47 bits per heavy atom. The predicted molar refractivity (Wildman–Crippen MR) is 57.1 cm³/mol. The Kier molecular flexibility index (Phi) is 4.04. The number of nitriles is 1. The van der Waals surface area contributed by atoms with Crippen LogP contribution in [0.1, 0.15) is 18.4 Å². The second-order valence-corrected chi connectivity index (χ2v) is 3.39. The highest BCUT2D eigenvalue weighted by atomic mass is 17.1. The largest absolute Gasteiger partial charge is 0.251 e. The van der Waals surface area contributed by atoms with Gasteiger partial charge in [-0.05, 0) is 18.1 Å². The molecule has 1 N–H and O–H groups in total. The SMILES string of the molecule is C=C(C)C(OO)C(C#N)c1ccccc1.